The van der Waals surface area contributed by atoms with Crippen LogP contribution in [0.2, 0.25) is 0 Å². The average molecular weight is 760 g/mol. The standard InChI is InChI=1S/C48H89NO5/c1-4-7-10-13-16-19-21-22-23-24-26-29-32-35-38-41-48(53)54-44(39-36-33-30-28-25-20-17-14-11-8-5-2)42-47(52)49-45(43-50)46(51)40-37-34-31-27-18-15-12-9-6-3/h7,10,13,16,19,21,44-46,50-51H,4-6,8-9,11-12,14-15,17-18,20,22-43H2,1-3H3,(H,49,52)/b10-7+,16-13+,21-19+. The van der Waals surface area contributed by atoms with Crippen molar-refractivity contribution in [1.82, 2.24) is 5.32 Å². The molecule has 3 N–H and O–H groups in total. The summed E-state index contributed by atoms with van der Waals surface area (Å²) < 4.78 is 5.90. The van der Waals surface area contributed by atoms with Crippen molar-refractivity contribution in [2.45, 2.75) is 251 Å². The van der Waals surface area contributed by atoms with E-state index >= 15 is 0 Å². The number of amides is 1. The molecule has 0 spiro atoms. The third kappa shape index (κ3) is 37.0. The summed E-state index contributed by atoms with van der Waals surface area (Å²) >= 11 is 0. The first-order valence-electron chi connectivity index (χ1n) is 23.2. The van der Waals surface area contributed by atoms with Crippen molar-refractivity contribution in [2.24, 2.45) is 0 Å². The van der Waals surface area contributed by atoms with E-state index < -0.39 is 18.2 Å². The Morgan fingerprint density at radius 3 is 1.50 bits per heavy atom. The highest BCUT2D eigenvalue weighted by Crippen LogP contribution is 2.18. The quantitative estimate of drug-likeness (QED) is 0.0328. The molecule has 0 radical (unpaired) electrons. The third-order valence-corrected chi connectivity index (χ3v) is 10.5. The summed E-state index contributed by atoms with van der Waals surface area (Å²) in [7, 11) is 0. The highest BCUT2D eigenvalue weighted by molar-refractivity contribution is 5.77. The largest absolute Gasteiger partial charge is 0.462 e. The summed E-state index contributed by atoms with van der Waals surface area (Å²) in [6.45, 7) is 6.32. The molecule has 0 aliphatic rings. The lowest BCUT2D eigenvalue weighted by Crippen LogP contribution is -2.46. The molecule has 0 aromatic rings. The summed E-state index contributed by atoms with van der Waals surface area (Å²) in [5.41, 5.74) is 0. The molecule has 0 saturated heterocycles. The number of hydrogen-bond donors (Lipinski definition) is 3. The molecule has 1 amide bonds. The molecule has 0 heterocycles. The minimum atomic E-state index is -0.784. The Hall–Kier alpha value is -1.92. The van der Waals surface area contributed by atoms with E-state index in [0.717, 1.165) is 64.2 Å². The van der Waals surface area contributed by atoms with Crippen LogP contribution in [0.1, 0.15) is 233 Å². The zero-order valence-electron chi connectivity index (χ0n) is 35.9. The summed E-state index contributed by atoms with van der Waals surface area (Å²) in [5.74, 6) is -0.483. The summed E-state index contributed by atoms with van der Waals surface area (Å²) in [4.78, 5) is 26.0. The van der Waals surface area contributed by atoms with E-state index in [1.807, 2.05) is 0 Å². The number of rotatable bonds is 41. The number of ether oxygens (including phenoxy) is 1. The number of nitrogens with one attached hydrogen (secondary N) is 1. The molecule has 0 rings (SSSR count). The van der Waals surface area contributed by atoms with Crippen LogP contribution in [0, 0.1) is 0 Å². The molecule has 6 heteroatoms. The molecule has 0 bridgehead atoms. The molecule has 0 aromatic carbocycles. The van der Waals surface area contributed by atoms with Crippen molar-refractivity contribution in [3.8, 4) is 0 Å². The first-order chi connectivity index (χ1) is 26.5. The van der Waals surface area contributed by atoms with Crippen LogP contribution in [0.3, 0.4) is 0 Å². The van der Waals surface area contributed by atoms with Crippen molar-refractivity contribution in [2.75, 3.05) is 6.61 Å². The van der Waals surface area contributed by atoms with Gasteiger partial charge in [-0.15, -0.1) is 0 Å². The number of carbonyl (C=O) groups excluding carboxylic acids is 2. The minimum absolute atomic E-state index is 0.0755. The topological polar surface area (TPSA) is 95.9 Å². The molecule has 0 aliphatic carbocycles. The van der Waals surface area contributed by atoms with Gasteiger partial charge in [0.05, 0.1) is 25.2 Å². The van der Waals surface area contributed by atoms with Crippen LogP contribution in [0.15, 0.2) is 36.5 Å². The molecule has 316 valence electrons. The molecular weight excluding hydrogens is 671 g/mol. The maximum absolute atomic E-state index is 13.1. The first-order valence-corrected chi connectivity index (χ1v) is 23.2. The molecule has 6 nitrogen and oxygen atoms in total. The van der Waals surface area contributed by atoms with Crippen LogP contribution in [0.25, 0.3) is 0 Å². The number of unbranched alkanes of at least 4 members (excludes halogenated alkanes) is 25. The van der Waals surface area contributed by atoms with E-state index in [9.17, 15) is 19.8 Å². The van der Waals surface area contributed by atoms with E-state index in [0.29, 0.717) is 19.3 Å². The molecular formula is C48H89NO5. The molecule has 0 aliphatic heterocycles. The van der Waals surface area contributed by atoms with Gasteiger partial charge in [-0.1, -0.05) is 211 Å². The second kappa shape index (κ2) is 42.2. The van der Waals surface area contributed by atoms with Crippen molar-refractivity contribution in [1.29, 1.82) is 0 Å². The zero-order valence-corrected chi connectivity index (χ0v) is 35.9. The zero-order chi connectivity index (χ0) is 39.6. The van der Waals surface area contributed by atoms with Gasteiger partial charge in [-0.05, 0) is 44.9 Å². The number of hydrogen-bond acceptors (Lipinski definition) is 5. The lowest BCUT2D eigenvalue weighted by Gasteiger charge is -2.24. The van der Waals surface area contributed by atoms with Crippen LogP contribution in [-0.4, -0.2) is 46.9 Å². The van der Waals surface area contributed by atoms with Crippen molar-refractivity contribution in [3.05, 3.63) is 36.5 Å². The van der Waals surface area contributed by atoms with E-state index in [2.05, 4.69) is 62.5 Å². The maximum Gasteiger partial charge on any atom is 0.306 e. The van der Waals surface area contributed by atoms with Crippen LogP contribution in [0.4, 0.5) is 0 Å². The Morgan fingerprint density at radius 2 is 1.00 bits per heavy atom. The second-order valence-electron chi connectivity index (χ2n) is 15.8. The molecule has 0 saturated carbocycles. The highest BCUT2D eigenvalue weighted by Gasteiger charge is 2.24. The lowest BCUT2D eigenvalue weighted by atomic mass is 10.0. The van der Waals surface area contributed by atoms with E-state index in [-0.39, 0.29) is 24.9 Å². The van der Waals surface area contributed by atoms with Gasteiger partial charge in [-0.2, -0.15) is 0 Å². The molecule has 0 aromatic heterocycles. The lowest BCUT2D eigenvalue weighted by molar-refractivity contribution is -0.151. The van der Waals surface area contributed by atoms with E-state index in [1.54, 1.807) is 0 Å². The van der Waals surface area contributed by atoms with Gasteiger partial charge in [-0.3, -0.25) is 9.59 Å². The summed E-state index contributed by atoms with van der Waals surface area (Å²) in [6.07, 6.45) is 47.7. The van der Waals surface area contributed by atoms with Crippen LogP contribution in [-0.2, 0) is 14.3 Å². The van der Waals surface area contributed by atoms with Crippen LogP contribution in [0.5, 0.6) is 0 Å². The van der Waals surface area contributed by atoms with Gasteiger partial charge < -0.3 is 20.3 Å². The van der Waals surface area contributed by atoms with Gasteiger partial charge in [0.1, 0.15) is 6.10 Å². The first kappa shape index (κ1) is 52.1. The van der Waals surface area contributed by atoms with Crippen molar-refractivity contribution < 1.29 is 24.5 Å². The number of allylic oxidation sites excluding steroid dienone is 6. The fraction of sp³-hybridized carbons (Fsp3) is 0.833. The van der Waals surface area contributed by atoms with Gasteiger partial charge in [0.25, 0.3) is 0 Å². The molecule has 3 atom stereocenters. The van der Waals surface area contributed by atoms with Gasteiger partial charge in [-0.25, -0.2) is 0 Å². The Morgan fingerprint density at radius 1 is 0.556 bits per heavy atom. The fourth-order valence-corrected chi connectivity index (χ4v) is 7.02. The normalized spacial score (nSPS) is 13.6. The Balaban J connectivity index is 4.56. The number of aliphatic hydroxyl groups is 2. The molecule has 54 heavy (non-hydrogen) atoms. The smallest absolute Gasteiger partial charge is 0.306 e. The van der Waals surface area contributed by atoms with Crippen molar-refractivity contribution >= 4 is 11.9 Å². The van der Waals surface area contributed by atoms with Crippen molar-refractivity contribution in [3.63, 3.8) is 0 Å². The number of aliphatic hydroxyl groups excluding tert-OH is 2. The summed E-state index contributed by atoms with van der Waals surface area (Å²) in [6, 6.07) is -0.698. The third-order valence-electron chi connectivity index (χ3n) is 10.5. The van der Waals surface area contributed by atoms with Crippen LogP contribution >= 0.6 is 0 Å². The predicted octanol–water partition coefficient (Wildman–Crippen LogP) is 13.3. The minimum Gasteiger partial charge on any atom is -0.462 e. The maximum atomic E-state index is 13.1. The SMILES string of the molecule is CC/C=C/C=C/C=C/CCCCCCCCCC(=O)OC(CCCCCCCCCCCCC)CC(=O)NC(CO)C(O)CCCCCCCCCCC. The monoisotopic (exact) mass is 760 g/mol. The second-order valence-corrected chi connectivity index (χ2v) is 15.8. The van der Waals surface area contributed by atoms with E-state index in [4.69, 9.17) is 4.74 Å². The molecule has 3 unspecified atom stereocenters. The van der Waals surface area contributed by atoms with Gasteiger partial charge in [0, 0.05) is 6.42 Å². The van der Waals surface area contributed by atoms with Gasteiger partial charge >= 0.3 is 5.97 Å². The summed E-state index contributed by atoms with van der Waals surface area (Å²) in [5, 5.41) is 23.6. The highest BCUT2D eigenvalue weighted by atomic mass is 16.5. The Kier molecular flexibility index (Phi) is 40.7. The van der Waals surface area contributed by atoms with Gasteiger partial charge in [0.2, 0.25) is 5.91 Å². The molecule has 0 fully saturated rings. The Bertz CT molecular complexity index is 900. The average Bonchev–Trinajstić information content (AvgIpc) is 3.16. The number of carbonyl (C=O) groups is 2. The van der Waals surface area contributed by atoms with Crippen LogP contribution < -0.4 is 5.32 Å². The fourth-order valence-electron chi connectivity index (χ4n) is 7.02. The number of esters is 1. The van der Waals surface area contributed by atoms with Gasteiger partial charge in [0.15, 0.2) is 0 Å². The Labute approximate surface area is 334 Å². The predicted molar refractivity (Wildman–Crippen MR) is 232 cm³/mol. The van der Waals surface area contributed by atoms with E-state index in [1.165, 1.54) is 122 Å².